The minimum Gasteiger partial charge on any atom is -0.466 e. The topological polar surface area (TPSA) is 57.5 Å². The van der Waals surface area contributed by atoms with Crippen LogP contribution in [-0.2, 0) is 26.1 Å². The van der Waals surface area contributed by atoms with Crippen LogP contribution in [0.25, 0.3) is 17.7 Å². The lowest BCUT2D eigenvalue weighted by molar-refractivity contribution is -0.136. The number of methoxy groups -OCH3 is 2. The van der Waals surface area contributed by atoms with Crippen molar-refractivity contribution in [3.8, 4) is 0 Å². The van der Waals surface area contributed by atoms with Crippen LogP contribution >= 0.6 is 0 Å². The summed E-state index contributed by atoms with van der Waals surface area (Å²) in [6.45, 7) is 0. The van der Waals surface area contributed by atoms with Gasteiger partial charge in [-0.25, -0.2) is 9.59 Å². The number of rotatable bonds is 5. The minimum absolute atomic E-state index is 0.145. The third-order valence-electron chi connectivity index (χ3n) is 3.55. The van der Waals surface area contributed by atoms with E-state index in [1.807, 2.05) is 60.2 Å². The summed E-state index contributed by atoms with van der Waals surface area (Å²) in [4.78, 5) is 23.5. The average Bonchev–Trinajstić information content (AvgIpc) is 2.98. The third kappa shape index (κ3) is 4.01. The second kappa shape index (κ2) is 7.97. The van der Waals surface area contributed by atoms with E-state index in [2.05, 4.69) is 4.74 Å². The van der Waals surface area contributed by atoms with Crippen LogP contribution in [0.5, 0.6) is 0 Å². The lowest BCUT2D eigenvalue weighted by Crippen LogP contribution is -2.10. The van der Waals surface area contributed by atoms with E-state index < -0.39 is 11.9 Å². The monoisotopic (exact) mass is 325 g/mol. The summed E-state index contributed by atoms with van der Waals surface area (Å²) in [6.07, 6.45) is 5.04. The van der Waals surface area contributed by atoms with Gasteiger partial charge in [0.05, 0.1) is 25.5 Å². The smallest absolute Gasteiger partial charge is 0.340 e. The van der Waals surface area contributed by atoms with Crippen molar-refractivity contribution < 1.29 is 19.1 Å². The van der Waals surface area contributed by atoms with Crippen molar-refractivity contribution in [2.24, 2.45) is 7.05 Å². The predicted octanol–water partition coefficient (Wildman–Crippen LogP) is 2.92. The Bertz CT molecular complexity index is 785. The maximum atomic E-state index is 12.0. The fourth-order valence-corrected chi connectivity index (χ4v) is 2.23. The molecule has 0 saturated heterocycles. The van der Waals surface area contributed by atoms with E-state index in [0.717, 1.165) is 17.3 Å². The van der Waals surface area contributed by atoms with Gasteiger partial charge in [-0.2, -0.15) is 0 Å². The summed E-state index contributed by atoms with van der Waals surface area (Å²) in [5.74, 6) is -1.21. The van der Waals surface area contributed by atoms with Gasteiger partial charge in [0.2, 0.25) is 0 Å². The molecule has 2 aromatic rings. The molecule has 1 aromatic carbocycles. The number of nitrogens with zero attached hydrogens (tertiary/aromatic N) is 1. The molecule has 24 heavy (non-hydrogen) atoms. The van der Waals surface area contributed by atoms with E-state index in [4.69, 9.17) is 4.74 Å². The van der Waals surface area contributed by atoms with E-state index in [0.29, 0.717) is 5.69 Å². The SMILES string of the molecule is COC(=O)/C=C(/C(=O)OC)c1ccc(/C=C/c2ccccc2)n1C. The molecule has 0 radical (unpaired) electrons. The zero-order valence-corrected chi connectivity index (χ0v) is 13.9. The van der Waals surface area contributed by atoms with Crippen LogP contribution in [0.15, 0.2) is 48.5 Å². The molecule has 0 saturated carbocycles. The first-order valence-corrected chi connectivity index (χ1v) is 7.34. The lowest BCUT2D eigenvalue weighted by Gasteiger charge is -2.08. The number of ether oxygens (including phenoxy) is 2. The second-order valence-corrected chi connectivity index (χ2v) is 5.02. The molecular weight excluding hydrogens is 306 g/mol. The molecule has 0 aliphatic heterocycles. The Morgan fingerprint density at radius 1 is 0.958 bits per heavy atom. The summed E-state index contributed by atoms with van der Waals surface area (Å²) in [7, 11) is 4.34. The van der Waals surface area contributed by atoms with Crippen LogP contribution in [0.4, 0.5) is 0 Å². The molecule has 0 unspecified atom stereocenters. The molecule has 2 rings (SSSR count). The van der Waals surface area contributed by atoms with Crippen LogP contribution in [-0.4, -0.2) is 30.7 Å². The fourth-order valence-electron chi connectivity index (χ4n) is 2.23. The van der Waals surface area contributed by atoms with E-state index in [1.165, 1.54) is 14.2 Å². The van der Waals surface area contributed by atoms with E-state index in [1.54, 1.807) is 6.07 Å². The van der Waals surface area contributed by atoms with Crippen LogP contribution in [0.2, 0.25) is 0 Å². The standard InChI is InChI=1S/C19H19NO4/c1-20-15(10-9-14-7-5-4-6-8-14)11-12-17(20)16(19(22)24-3)13-18(21)23-2/h4-13H,1-3H3/b10-9+,16-13+. The lowest BCUT2D eigenvalue weighted by atomic mass is 10.2. The van der Waals surface area contributed by atoms with Crippen LogP contribution in [0.3, 0.4) is 0 Å². The van der Waals surface area contributed by atoms with Crippen molar-refractivity contribution in [1.82, 2.24) is 4.57 Å². The first-order valence-electron chi connectivity index (χ1n) is 7.34. The largest absolute Gasteiger partial charge is 0.466 e. The van der Waals surface area contributed by atoms with Crippen molar-refractivity contribution in [2.45, 2.75) is 0 Å². The fraction of sp³-hybridized carbons (Fsp3) is 0.158. The number of hydrogen-bond donors (Lipinski definition) is 0. The Morgan fingerprint density at radius 2 is 1.67 bits per heavy atom. The Kier molecular flexibility index (Phi) is 5.73. The summed E-state index contributed by atoms with van der Waals surface area (Å²) in [5.41, 5.74) is 2.67. The summed E-state index contributed by atoms with van der Waals surface area (Å²) < 4.78 is 11.2. The van der Waals surface area contributed by atoms with Gasteiger partial charge in [0, 0.05) is 18.8 Å². The Labute approximate surface area is 140 Å². The van der Waals surface area contributed by atoms with E-state index in [-0.39, 0.29) is 5.57 Å². The molecule has 1 aromatic heterocycles. The number of carbonyl (C=O) groups is 2. The van der Waals surface area contributed by atoms with Crippen LogP contribution in [0.1, 0.15) is 17.0 Å². The molecule has 5 nitrogen and oxygen atoms in total. The molecule has 0 fully saturated rings. The molecule has 0 aliphatic carbocycles. The first-order chi connectivity index (χ1) is 11.6. The Balaban J connectivity index is 2.36. The molecule has 0 amide bonds. The average molecular weight is 325 g/mol. The van der Waals surface area contributed by atoms with Gasteiger partial charge in [-0.3, -0.25) is 0 Å². The second-order valence-electron chi connectivity index (χ2n) is 5.02. The summed E-state index contributed by atoms with van der Waals surface area (Å²) in [5, 5.41) is 0. The van der Waals surface area contributed by atoms with Gasteiger partial charge in [-0.15, -0.1) is 0 Å². The van der Waals surface area contributed by atoms with Gasteiger partial charge in [0.25, 0.3) is 0 Å². The van der Waals surface area contributed by atoms with E-state index in [9.17, 15) is 9.59 Å². The summed E-state index contributed by atoms with van der Waals surface area (Å²) >= 11 is 0. The summed E-state index contributed by atoms with van der Waals surface area (Å²) in [6, 6.07) is 13.5. The molecule has 0 aliphatic rings. The van der Waals surface area contributed by atoms with Crippen molar-refractivity contribution in [2.75, 3.05) is 14.2 Å². The maximum absolute atomic E-state index is 12.0. The molecule has 124 valence electrons. The van der Waals surface area contributed by atoms with Crippen molar-refractivity contribution >= 4 is 29.7 Å². The highest BCUT2D eigenvalue weighted by atomic mass is 16.5. The molecule has 0 bridgehead atoms. The first kappa shape index (κ1) is 17.3. The quantitative estimate of drug-likeness (QED) is 0.626. The highest BCUT2D eigenvalue weighted by Crippen LogP contribution is 2.20. The van der Waals surface area contributed by atoms with E-state index >= 15 is 0 Å². The zero-order valence-electron chi connectivity index (χ0n) is 13.9. The van der Waals surface area contributed by atoms with Gasteiger partial charge < -0.3 is 14.0 Å². The zero-order chi connectivity index (χ0) is 17.5. The molecule has 0 spiro atoms. The van der Waals surface area contributed by atoms with Gasteiger partial charge in [-0.05, 0) is 23.8 Å². The minimum atomic E-state index is -0.613. The third-order valence-corrected chi connectivity index (χ3v) is 3.55. The normalized spacial score (nSPS) is 11.5. The van der Waals surface area contributed by atoms with Crippen molar-refractivity contribution in [3.63, 3.8) is 0 Å². The Hall–Kier alpha value is -3.08. The number of benzene rings is 1. The number of aromatic nitrogens is 1. The van der Waals surface area contributed by atoms with Crippen molar-refractivity contribution in [1.29, 1.82) is 0 Å². The highest BCUT2D eigenvalue weighted by molar-refractivity contribution is 6.20. The molecule has 5 heteroatoms. The van der Waals surface area contributed by atoms with Crippen LogP contribution in [0, 0.1) is 0 Å². The number of esters is 2. The van der Waals surface area contributed by atoms with Gasteiger partial charge in [0.1, 0.15) is 0 Å². The van der Waals surface area contributed by atoms with Gasteiger partial charge in [-0.1, -0.05) is 36.4 Å². The molecule has 0 N–H and O–H groups in total. The number of carbonyl (C=O) groups excluding carboxylic acids is 2. The van der Waals surface area contributed by atoms with Crippen molar-refractivity contribution in [3.05, 3.63) is 65.5 Å². The molecular formula is C19H19NO4. The van der Waals surface area contributed by atoms with Gasteiger partial charge >= 0.3 is 11.9 Å². The predicted molar refractivity (Wildman–Crippen MR) is 92.8 cm³/mol. The van der Waals surface area contributed by atoms with Crippen LogP contribution < -0.4 is 0 Å². The number of hydrogen-bond acceptors (Lipinski definition) is 4. The molecule has 1 heterocycles. The highest BCUT2D eigenvalue weighted by Gasteiger charge is 2.18. The Morgan fingerprint density at radius 3 is 2.29 bits per heavy atom. The maximum Gasteiger partial charge on any atom is 0.340 e. The molecule has 0 atom stereocenters. The van der Waals surface area contributed by atoms with Gasteiger partial charge in [0.15, 0.2) is 0 Å².